The minimum absolute atomic E-state index is 0.111. The summed E-state index contributed by atoms with van der Waals surface area (Å²) in [6.45, 7) is 6.41. The van der Waals surface area contributed by atoms with E-state index in [1.807, 2.05) is 38.2 Å². The number of aryl methyl sites for hydroxylation is 1. The number of benzene rings is 2. The molecule has 1 aliphatic heterocycles. The van der Waals surface area contributed by atoms with Crippen molar-refractivity contribution in [1.29, 1.82) is 0 Å². The summed E-state index contributed by atoms with van der Waals surface area (Å²) in [5, 5.41) is 2.61. The predicted molar refractivity (Wildman–Crippen MR) is 152 cm³/mol. The van der Waals surface area contributed by atoms with Crippen LogP contribution in [0.4, 0.5) is 13.2 Å². The molecule has 4 unspecified atom stereocenters. The molecule has 2 aromatic carbocycles. The average molecular weight is 592 g/mol. The molecule has 4 rings (SSSR count). The normalized spacial score (nSPS) is 23.7. The van der Waals surface area contributed by atoms with Gasteiger partial charge >= 0.3 is 6.18 Å². The van der Waals surface area contributed by atoms with E-state index in [1.165, 1.54) is 6.07 Å². The van der Waals surface area contributed by atoms with E-state index in [1.54, 1.807) is 4.90 Å². The molecule has 11 heteroatoms. The van der Waals surface area contributed by atoms with Crippen LogP contribution < -0.4 is 5.32 Å². The Balaban J connectivity index is 1.63. The van der Waals surface area contributed by atoms with Gasteiger partial charge in [-0.15, -0.1) is 0 Å². The molecule has 1 aliphatic carbocycles. The number of hydrogen-bond donors (Lipinski definition) is 2. The van der Waals surface area contributed by atoms with Crippen LogP contribution in [0.1, 0.15) is 66.6 Å². The van der Waals surface area contributed by atoms with Gasteiger partial charge in [-0.25, -0.2) is 4.21 Å². The minimum Gasteiger partial charge on any atom is -0.340 e. The summed E-state index contributed by atoms with van der Waals surface area (Å²) in [4.78, 5) is 30.6. The zero-order chi connectivity index (χ0) is 30.1. The number of carbonyl (C=O) groups excluding carboxylic acids is 2. The van der Waals surface area contributed by atoms with E-state index in [0.29, 0.717) is 29.9 Å². The van der Waals surface area contributed by atoms with Crippen LogP contribution in [-0.2, 0) is 22.1 Å². The Morgan fingerprint density at radius 3 is 2.39 bits per heavy atom. The van der Waals surface area contributed by atoms with Crippen molar-refractivity contribution in [3.8, 4) is 0 Å². The molecule has 2 aromatic rings. The van der Waals surface area contributed by atoms with Crippen molar-refractivity contribution in [3.05, 3.63) is 76.4 Å². The Bertz CT molecular complexity index is 1340. The second-order valence-corrected chi connectivity index (χ2v) is 12.0. The quantitative estimate of drug-likeness (QED) is 0.430. The zero-order valence-electron chi connectivity index (χ0n) is 23.6. The Morgan fingerprint density at radius 2 is 1.78 bits per heavy atom. The van der Waals surface area contributed by atoms with Crippen molar-refractivity contribution < 1.29 is 31.5 Å². The molecule has 2 fully saturated rings. The maximum absolute atomic E-state index is 13.6. The molecule has 7 nitrogen and oxygen atoms in total. The monoisotopic (exact) mass is 591 g/mol. The van der Waals surface area contributed by atoms with Gasteiger partial charge < -0.3 is 19.7 Å². The lowest BCUT2D eigenvalue weighted by Crippen LogP contribution is -2.49. The highest BCUT2D eigenvalue weighted by Gasteiger charge is 2.42. The van der Waals surface area contributed by atoms with Crippen molar-refractivity contribution in [2.45, 2.75) is 76.8 Å². The van der Waals surface area contributed by atoms with Crippen molar-refractivity contribution in [2.24, 2.45) is 0 Å². The molecule has 2 aliphatic rings. The summed E-state index contributed by atoms with van der Waals surface area (Å²) in [6, 6.07) is 10.5. The Labute approximate surface area is 241 Å². The van der Waals surface area contributed by atoms with Crippen LogP contribution in [0.25, 0.3) is 4.91 Å². The van der Waals surface area contributed by atoms with Crippen LogP contribution in [0, 0.1) is 6.92 Å². The van der Waals surface area contributed by atoms with Crippen molar-refractivity contribution in [2.75, 3.05) is 13.6 Å². The molecule has 2 amide bonds. The number of rotatable bonds is 7. The topological polar surface area (TPSA) is 90.0 Å². The smallest absolute Gasteiger partial charge is 0.340 e. The Hall–Kier alpha value is -3.02. The molecule has 222 valence electrons. The molecule has 0 aromatic heterocycles. The SMILES string of the molecule is Cc1ccc(C(=C2CC(N(C)C(C)C)CCC2N2CCC(NC(=O)c3cccc(C(F)(F)F)c3)C2=O)S(=O)O)cc1. The molecule has 1 saturated carbocycles. The first kappa shape index (κ1) is 30.9. The van der Waals surface area contributed by atoms with Gasteiger partial charge in [0.2, 0.25) is 5.91 Å². The zero-order valence-corrected chi connectivity index (χ0v) is 24.4. The third-order valence-corrected chi connectivity index (χ3v) is 9.02. The van der Waals surface area contributed by atoms with Gasteiger partial charge in [-0.05, 0) is 82.8 Å². The van der Waals surface area contributed by atoms with E-state index < -0.39 is 40.8 Å². The number of hydrogen-bond acceptors (Lipinski definition) is 4. The number of nitrogens with one attached hydrogen (secondary N) is 1. The fourth-order valence-corrected chi connectivity index (χ4v) is 6.48. The molecule has 2 N–H and O–H groups in total. The average Bonchev–Trinajstić information content (AvgIpc) is 3.28. The molecule has 0 spiro atoms. The van der Waals surface area contributed by atoms with Crippen molar-refractivity contribution >= 4 is 27.8 Å². The van der Waals surface area contributed by atoms with Crippen LogP contribution in [0.3, 0.4) is 0 Å². The molecular weight excluding hydrogens is 555 g/mol. The van der Waals surface area contributed by atoms with Crippen LogP contribution in [0.2, 0.25) is 0 Å². The summed E-state index contributed by atoms with van der Waals surface area (Å²) in [5.74, 6) is -1.11. The van der Waals surface area contributed by atoms with Crippen molar-refractivity contribution in [1.82, 2.24) is 15.1 Å². The maximum atomic E-state index is 13.6. The van der Waals surface area contributed by atoms with E-state index in [-0.39, 0.29) is 30.0 Å². The maximum Gasteiger partial charge on any atom is 0.416 e. The molecule has 4 atom stereocenters. The first-order chi connectivity index (χ1) is 19.3. The largest absolute Gasteiger partial charge is 0.416 e. The number of carbonyl (C=O) groups is 2. The molecule has 0 radical (unpaired) electrons. The third-order valence-electron chi connectivity index (χ3n) is 8.18. The summed E-state index contributed by atoms with van der Waals surface area (Å²) < 4.78 is 62.7. The van der Waals surface area contributed by atoms with Crippen LogP contribution in [0.15, 0.2) is 54.1 Å². The van der Waals surface area contributed by atoms with Crippen molar-refractivity contribution in [3.63, 3.8) is 0 Å². The lowest BCUT2D eigenvalue weighted by atomic mass is 9.83. The fraction of sp³-hybridized carbons (Fsp3) is 0.467. The van der Waals surface area contributed by atoms with Gasteiger partial charge in [0.15, 0.2) is 11.1 Å². The number of nitrogens with zero attached hydrogens (tertiary/aromatic N) is 2. The highest BCUT2D eigenvalue weighted by atomic mass is 32.2. The first-order valence-corrected chi connectivity index (χ1v) is 14.8. The van der Waals surface area contributed by atoms with Gasteiger partial charge in [-0.1, -0.05) is 35.9 Å². The number of amides is 2. The van der Waals surface area contributed by atoms with Gasteiger partial charge in [0, 0.05) is 24.2 Å². The molecular formula is C30H36F3N3O4S. The highest BCUT2D eigenvalue weighted by Crippen LogP contribution is 2.39. The summed E-state index contributed by atoms with van der Waals surface area (Å²) in [7, 11) is 2.02. The van der Waals surface area contributed by atoms with Gasteiger partial charge in [-0.2, -0.15) is 13.2 Å². The number of halogens is 3. The summed E-state index contributed by atoms with van der Waals surface area (Å²) >= 11 is -2.32. The minimum atomic E-state index is -4.59. The van der Waals surface area contributed by atoms with E-state index in [4.69, 9.17) is 0 Å². The molecule has 41 heavy (non-hydrogen) atoms. The fourth-order valence-electron chi connectivity index (χ4n) is 5.70. The van der Waals surface area contributed by atoms with E-state index >= 15 is 0 Å². The van der Waals surface area contributed by atoms with E-state index in [2.05, 4.69) is 24.1 Å². The second kappa shape index (κ2) is 12.5. The standard InChI is InChI=1S/C30H36F3N3O4S/c1-18(2)35(4)23-12-13-26(24(17-23)27(41(39)40)20-10-8-19(3)9-11-20)36-15-14-25(29(36)38)34-28(37)21-6-5-7-22(16-21)30(31,32)33/h5-11,16,18,23,25-26H,12-15,17H2,1-4H3,(H,34,37)(H,39,40). The van der Waals surface area contributed by atoms with Crippen LogP contribution in [0.5, 0.6) is 0 Å². The van der Waals surface area contributed by atoms with Gasteiger partial charge in [0.1, 0.15) is 6.04 Å². The third kappa shape index (κ3) is 6.90. The second-order valence-electron chi connectivity index (χ2n) is 11.1. The summed E-state index contributed by atoms with van der Waals surface area (Å²) in [6.07, 6.45) is -2.47. The van der Waals surface area contributed by atoms with Crippen LogP contribution in [-0.4, -0.2) is 68.1 Å². The van der Waals surface area contributed by atoms with Gasteiger partial charge in [0.05, 0.1) is 16.5 Å². The van der Waals surface area contributed by atoms with E-state index in [9.17, 15) is 31.5 Å². The molecule has 1 heterocycles. The summed E-state index contributed by atoms with van der Waals surface area (Å²) in [5.41, 5.74) is 1.22. The van der Waals surface area contributed by atoms with Gasteiger partial charge in [0.25, 0.3) is 5.91 Å². The van der Waals surface area contributed by atoms with Gasteiger partial charge in [-0.3, -0.25) is 9.59 Å². The first-order valence-electron chi connectivity index (χ1n) is 13.7. The lowest BCUT2D eigenvalue weighted by molar-refractivity contribution is -0.137. The van der Waals surface area contributed by atoms with Crippen LogP contribution >= 0.6 is 0 Å². The van der Waals surface area contributed by atoms with E-state index in [0.717, 1.165) is 35.8 Å². The number of likely N-dealkylation sites (tertiary alicyclic amines) is 1. The number of alkyl halides is 3. The lowest BCUT2D eigenvalue weighted by Gasteiger charge is -2.42. The predicted octanol–water partition coefficient (Wildman–Crippen LogP) is 5.24. The molecule has 1 saturated heterocycles. The Kier molecular flexibility index (Phi) is 9.40. The Morgan fingerprint density at radius 1 is 1.10 bits per heavy atom. The molecule has 0 bridgehead atoms. The highest BCUT2D eigenvalue weighted by molar-refractivity contribution is 7.89.